The van der Waals surface area contributed by atoms with E-state index in [2.05, 4.69) is 47.2 Å². The van der Waals surface area contributed by atoms with Crippen LogP contribution in [0, 0.1) is 0 Å². The van der Waals surface area contributed by atoms with Crippen LogP contribution in [0.4, 0.5) is 0 Å². The second-order valence-corrected chi connectivity index (χ2v) is 7.57. The molecule has 0 saturated heterocycles. The Morgan fingerprint density at radius 3 is 2.57 bits per heavy atom. The van der Waals surface area contributed by atoms with Crippen LogP contribution in [0.15, 0.2) is 28.7 Å². The quantitative estimate of drug-likeness (QED) is 0.512. The number of thiophene rings is 1. The largest absolute Gasteiger partial charge is 0.309 e. The third-order valence-electron chi connectivity index (χ3n) is 3.32. The Morgan fingerprint density at radius 1 is 1.14 bits per heavy atom. The van der Waals surface area contributed by atoms with Crippen LogP contribution in [0.5, 0.6) is 0 Å². The highest BCUT2D eigenvalue weighted by atomic mass is 79.9. The molecule has 21 heavy (non-hydrogen) atoms. The zero-order chi connectivity index (χ0) is 15.4. The monoisotopic (exact) mass is 405 g/mol. The van der Waals surface area contributed by atoms with Crippen LogP contribution in [0.1, 0.15) is 37.6 Å². The van der Waals surface area contributed by atoms with Gasteiger partial charge < -0.3 is 5.32 Å². The molecule has 2 rings (SSSR count). The van der Waals surface area contributed by atoms with Crippen molar-refractivity contribution >= 4 is 50.5 Å². The summed E-state index contributed by atoms with van der Waals surface area (Å²) in [5, 5.41) is 4.75. The normalized spacial score (nSPS) is 12.6. The van der Waals surface area contributed by atoms with Crippen molar-refractivity contribution in [1.82, 2.24) is 5.32 Å². The molecule has 0 saturated carbocycles. The van der Waals surface area contributed by atoms with Gasteiger partial charge in [-0.25, -0.2) is 0 Å². The summed E-state index contributed by atoms with van der Waals surface area (Å²) in [6.45, 7) is 5.43. The summed E-state index contributed by atoms with van der Waals surface area (Å²) < 4.78 is 0.825. The first-order valence-electron chi connectivity index (χ1n) is 7.05. The fourth-order valence-electron chi connectivity index (χ4n) is 2.17. The van der Waals surface area contributed by atoms with Crippen LogP contribution >= 0.6 is 50.5 Å². The summed E-state index contributed by atoms with van der Waals surface area (Å²) in [5.74, 6) is 0. The van der Waals surface area contributed by atoms with Crippen molar-refractivity contribution in [3.8, 4) is 10.4 Å². The lowest BCUT2D eigenvalue weighted by molar-refractivity contribution is 0.525. The van der Waals surface area contributed by atoms with E-state index in [9.17, 15) is 0 Å². The minimum atomic E-state index is 0.411. The molecule has 1 aromatic heterocycles. The Hall–Kier alpha value is -0.0600. The molecule has 1 unspecified atom stereocenters. The average Bonchev–Trinajstić information content (AvgIpc) is 2.95. The van der Waals surface area contributed by atoms with Crippen molar-refractivity contribution in [1.29, 1.82) is 0 Å². The summed E-state index contributed by atoms with van der Waals surface area (Å²) >= 11 is 17.8. The van der Waals surface area contributed by atoms with Gasteiger partial charge in [-0.2, -0.15) is 0 Å². The van der Waals surface area contributed by atoms with E-state index in [1.807, 2.05) is 12.1 Å². The van der Waals surface area contributed by atoms with Gasteiger partial charge in [-0.15, -0.1) is 11.3 Å². The Labute approximate surface area is 148 Å². The molecule has 0 aliphatic rings. The number of halogens is 3. The number of hydrogen-bond acceptors (Lipinski definition) is 2. The van der Waals surface area contributed by atoms with Gasteiger partial charge in [0.1, 0.15) is 0 Å². The Bertz CT molecular complexity index is 612. The molecule has 0 aliphatic carbocycles. The highest BCUT2D eigenvalue weighted by molar-refractivity contribution is 9.10. The average molecular weight is 407 g/mol. The van der Waals surface area contributed by atoms with Crippen molar-refractivity contribution in [3.05, 3.63) is 43.7 Å². The van der Waals surface area contributed by atoms with Gasteiger partial charge in [0.05, 0.1) is 10.0 Å². The minimum Gasteiger partial charge on any atom is -0.309 e. The summed E-state index contributed by atoms with van der Waals surface area (Å²) in [5.41, 5.74) is 0.992. The zero-order valence-electron chi connectivity index (χ0n) is 12.1. The van der Waals surface area contributed by atoms with Crippen molar-refractivity contribution in [2.75, 3.05) is 6.54 Å². The summed E-state index contributed by atoms with van der Waals surface area (Å²) in [7, 11) is 0. The first kappa shape index (κ1) is 17.3. The van der Waals surface area contributed by atoms with Crippen LogP contribution in [-0.2, 0) is 0 Å². The molecule has 0 bridgehead atoms. The highest BCUT2D eigenvalue weighted by Gasteiger charge is 2.15. The Balaban J connectivity index is 2.29. The van der Waals surface area contributed by atoms with Crippen molar-refractivity contribution in [3.63, 3.8) is 0 Å². The maximum Gasteiger partial charge on any atom is 0.0740 e. The van der Waals surface area contributed by atoms with E-state index in [-0.39, 0.29) is 0 Å². The Morgan fingerprint density at radius 2 is 1.90 bits per heavy atom. The SMILES string of the molecule is CCCNC(CC)c1ccc(-c2ccc(Br)c(Cl)c2Cl)s1. The van der Waals surface area contributed by atoms with Gasteiger partial charge in [0.15, 0.2) is 0 Å². The lowest BCUT2D eigenvalue weighted by Gasteiger charge is -2.14. The minimum absolute atomic E-state index is 0.411. The van der Waals surface area contributed by atoms with Gasteiger partial charge in [-0.05, 0) is 53.5 Å². The fourth-order valence-corrected chi connectivity index (χ4v) is 4.30. The molecule has 2 aromatic rings. The van der Waals surface area contributed by atoms with E-state index in [1.165, 1.54) is 4.88 Å². The highest BCUT2D eigenvalue weighted by Crippen LogP contribution is 2.41. The van der Waals surface area contributed by atoms with E-state index in [1.54, 1.807) is 11.3 Å². The lowest BCUT2D eigenvalue weighted by atomic mass is 10.1. The smallest absolute Gasteiger partial charge is 0.0740 e. The van der Waals surface area contributed by atoms with E-state index < -0.39 is 0 Å². The van der Waals surface area contributed by atoms with Gasteiger partial charge in [0.2, 0.25) is 0 Å². The van der Waals surface area contributed by atoms with Crippen molar-refractivity contribution in [2.24, 2.45) is 0 Å². The third kappa shape index (κ3) is 4.02. The topological polar surface area (TPSA) is 12.0 Å². The molecule has 1 N–H and O–H groups in total. The number of hydrogen-bond donors (Lipinski definition) is 1. The van der Waals surface area contributed by atoms with E-state index in [0.717, 1.165) is 34.3 Å². The van der Waals surface area contributed by atoms with Crippen LogP contribution < -0.4 is 5.32 Å². The van der Waals surface area contributed by atoms with E-state index in [4.69, 9.17) is 23.2 Å². The first-order chi connectivity index (χ1) is 10.1. The standard InChI is InChI=1S/C16H18BrCl2NS/c1-3-9-20-12(4-2)14-8-7-13(21-14)10-5-6-11(17)16(19)15(10)18/h5-8,12,20H,3-4,9H2,1-2H3. The van der Waals surface area contributed by atoms with Crippen LogP contribution in [-0.4, -0.2) is 6.54 Å². The van der Waals surface area contributed by atoms with Gasteiger partial charge in [0.25, 0.3) is 0 Å². The molecule has 1 aromatic carbocycles. The second kappa shape index (κ2) is 7.98. The zero-order valence-corrected chi connectivity index (χ0v) is 16.0. The maximum atomic E-state index is 6.37. The lowest BCUT2D eigenvalue weighted by Crippen LogP contribution is -2.20. The predicted octanol–water partition coefficient (Wildman–Crippen LogP) is 6.94. The summed E-state index contributed by atoms with van der Waals surface area (Å²) in [4.78, 5) is 2.50. The Kier molecular flexibility index (Phi) is 6.57. The first-order valence-corrected chi connectivity index (χ1v) is 9.42. The van der Waals surface area contributed by atoms with Crippen molar-refractivity contribution < 1.29 is 0 Å². The van der Waals surface area contributed by atoms with Crippen molar-refractivity contribution in [2.45, 2.75) is 32.7 Å². The molecule has 114 valence electrons. The molecule has 5 heteroatoms. The van der Waals surface area contributed by atoms with Gasteiger partial charge >= 0.3 is 0 Å². The fraction of sp³-hybridized carbons (Fsp3) is 0.375. The third-order valence-corrected chi connectivity index (χ3v) is 6.32. The molecule has 1 heterocycles. The number of nitrogens with one attached hydrogen (secondary N) is 1. The van der Waals surface area contributed by atoms with Gasteiger partial charge in [-0.3, -0.25) is 0 Å². The summed E-state index contributed by atoms with van der Waals surface area (Å²) in [6, 6.07) is 8.67. The van der Waals surface area contributed by atoms with E-state index in [0.29, 0.717) is 16.1 Å². The van der Waals surface area contributed by atoms with Crippen LogP contribution in [0.3, 0.4) is 0 Å². The molecule has 0 spiro atoms. The molecule has 0 aliphatic heterocycles. The number of benzene rings is 1. The molecular formula is C16H18BrCl2NS. The second-order valence-electron chi connectivity index (χ2n) is 4.84. The molecular weight excluding hydrogens is 389 g/mol. The predicted molar refractivity (Wildman–Crippen MR) is 98.8 cm³/mol. The van der Waals surface area contributed by atoms with Crippen LogP contribution in [0.2, 0.25) is 10.0 Å². The molecule has 0 radical (unpaired) electrons. The maximum absolute atomic E-state index is 6.37. The molecule has 0 fully saturated rings. The number of rotatable bonds is 6. The summed E-state index contributed by atoms with van der Waals surface area (Å²) in [6.07, 6.45) is 2.22. The van der Waals surface area contributed by atoms with Crippen LogP contribution in [0.25, 0.3) is 10.4 Å². The van der Waals surface area contributed by atoms with E-state index >= 15 is 0 Å². The van der Waals surface area contributed by atoms with Gasteiger partial charge in [0, 0.05) is 25.8 Å². The van der Waals surface area contributed by atoms with Gasteiger partial charge in [-0.1, -0.05) is 43.1 Å². The molecule has 0 amide bonds. The molecule has 1 nitrogen and oxygen atoms in total. The molecule has 1 atom stereocenters.